The highest BCUT2D eigenvalue weighted by atomic mass is 32.1. The summed E-state index contributed by atoms with van der Waals surface area (Å²) in [5, 5.41) is 15.2. The van der Waals surface area contributed by atoms with Crippen molar-refractivity contribution in [2.45, 2.75) is 44.1 Å². The Morgan fingerprint density at radius 3 is 2.42 bits per heavy atom. The van der Waals surface area contributed by atoms with Gasteiger partial charge in [-0.25, -0.2) is 10.1 Å². The first-order valence-corrected chi connectivity index (χ1v) is 11.3. The summed E-state index contributed by atoms with van der Waals surface area (Å²) in [6.45, 7) is 1.47. The first-order chi connectivity index (χ1) is 16.9. The van der Waals surface area contributed by atoms with Crippen molar-refractivity contribution < 1.29 is 35.9 Å². The molecule has 192 valence electrons. The third-order valence-corrected chi connectivity index (χ3v) is 6.44. The lowest BCUT2D eigenvalue weighted by Crippen LogP contribution is -2.58. The van der Waals surface area contributed by atoms with Crippen molar-refractivity contribution in [2.24, 2.45) is 0 Å². The summed E-state index contributed by atoms with van der Waals surface area (Å²) in [6.07, 6.45) is -9.81. The van der Waals surface area contributed by atoms with E-state index in [2.05, 4.69) is 30.9 Å². The number of thiazole rings is 1. The normalized spacial score (nSPS) is 18.9. The van der Waals surface area contributed by atoms with Crippen molar-refractivity contribution in [3.8, 4) is 5.75 Å². The Kier molecular flexibility index (Phi) is 6.77. The van der Waals surface area contributed by atoms with Gasteiger partial charge in [-0.3, -0.25) is 4.79 Å². The van der Waals surface area contributed by atoms with Gasteiger partial charge in [0.15, 0.2) is 11.4 Å². The average Bonchev–Trinajstić information content (AvgIpc) is 3.47. The second kappa shape index (κ2) is 9.52. The molecular weight excluding hydrogens is 514 g/mol. The van der Waals surface area contributed by atoms with E-state index in [1.807, 2.05) is 0 Å². The van der Waals surface area contributed by atoms with Gasteiger partial charge in [0.25, 0.3) is 5.91 Å². The summed E-state index contributed by atoms with van der Waals surface area (Å²) in [5.74, 6) is -1.05. The Morgan fingerprint density at radius 1 is 1.14 bits per heavy atom. The van der Waals surface area contributed by atoms with Gasteiger partial charge >= 0.3 is 12.4 Å². The highest BCUT2D eigenvalue weighted by molar-refractivity contribution is 7.12. The number of hydrogen-bond donors (Lipinski definition) is 2. The Bertz CT molecular complexity index is 1250. The van der Waals surface area contributed by atoms with Crippen LogP contribution in [0, 0.1) is 6.92 Å². The van der Waals surface area contributed by atoms with E-state index in [4.69, 9.17) is 4.74 Å². The Morgan fingerprint density at radius 2 is 1.86 bits per heavy atom. The quantitative estimate of drug-likeness (QED) is 0.341. The lowest BCUT2D eigenvalue weighted by Gasteiger charge is -2.40. The maximum atomic E-state index is 14.6. The Hall–Kier alpha value is -3.49. The number of aromatic nitrogens is 5. The summed E-state index contributed by atoms with van der Waals surface area (Å²) >= 11 is 1.12. The second-order valence-electron chi connectivity index (χ2n) is 8.01. The van der Waals surface area contributed by atoms with Gasteiger partial charge in [-0.1, -0.05) is 12.1 Å². The molecule has 0 saturated carbocycles. The van der Waals surface area contributed by atoms with Crippen molar-refractivity contribution in [3.05, 3.63) is 51.7 Å². The van der Waals surface area contributed by atoms with Gasteiger partial charge in [0, 0.05) is 29.5 Å². The van der Waals surface area contributed by atoms with Gasteiger partial charge in [-0.15, -0.1) is 16.4 Å². The summed E-state index contributed by atoms with van der Waals surface area (Å²) in [6, 6.07) is 4.68. The van der Waals surface area contributed by atoms with Gasteiger partial charge < -0.3 is 10.1 Å². The molecule has 0 aliphatic carbocycles. The van der Waals surface area contributed by atoms with Crippen LogP contribution in [-0.4, -0.2) is 50.5 Å². The summed E-state index contributed by atoms with van der Waals surface area (Å²) in [7, 11) is 0. The van der Waals surface area contributed by atoms with E-state index in [9.17, 15) is 31.1 Å². The van der Waals surface area contributed by atoms with Crippen LogP contribution in [-0.2, 0) is 10.3 Å². The van der Waals surface area contributed by atoms with E-state index in [0.717, 1.165) is 28.3 Å². The number of halogens is 6. The van der Waals surface area contributed by atoms with Crippen molar-refractivity contribution in [2.75, 3.05) is 6.61 Å². The lowest BCUT2D eigenvalue weighted by molar-refractivity contribution is -0.201. The number of amides is 1. The zero-order chi connectivity index (χ0) is 26.1. The van der Waals surface area contributed by atoms with E-state index in [1.165, 1.54) is 18.3 Å². The van der Waals surface area contributed by atoms with Crippen LogP contribution < -0.4 is 10.1 Å². The van der Waals surface area contributed by atoms with Crippen molar-refractivity contribution in [1.29, 1.82) is 0 Å². The molecule has 1 aliphatic heterocycles. The molecule has 2 N–H and O–H groups in total. The number of aromatic amines is 1. The monoisotopic (exact) mass is 532 g/mol. The molecule has 0 saturated heterocycles. The maximum Gasteiger partial charge on any atom is 0.416 e. The molecule has 1 atom stereocenters. The van der Waals surface area contributed by atoms with Crippen LogP contribution >= 0.6 is 11.3 Å². The third kappa shape index (κ3) is 5.20. The first kappa shape index (κ1) is 25.6. The SMILES string of the molecule is Cc1cnc(C2=C(c3nnn[nH]3)C(=O)N[C@@](c3ccc(OCCCC(F)(F)F)cc3)(C(F)(F)F)C2)s1. The van der Waals surface area contributed by atoms with Crippen LogP contribution in [0.25, 0.3) is 11.1 Å². The molecule has 0 fully saturated rings. The predicted molar refractivity (Wildman–Crippen MR) is 116 cm³/mol. The predicted octanol–water partition coefficient (Wildman–Crippen LogP) is 4.57. The molecule has 3 heterocycles. The van der Waals surface area contributed by atoms with Gasteiger partial charge in [-0.05, 0) is 41.5 Å². The van der Waals surface area contributed by atoms with Crippen molar-refractivity contribution in [3.63, 3.8) is 0 Å². The molecule has 15 heteroatoms. The van der Waals surface area contributed by atoms with Crippen molar-refractivity contribution in [1.82, 2.24) is 30.9 Å². The second-order valence-corrected chi connectivity index (χ2v) is 9.24. The molecule has 4 rings (SSSR count). The fourth-order valence-corrected chi connectivity index (χ4v) is 4.60. The number of nitrogens with one attached hydrogen (secondary N) is 2. The fourth-order valence-electron chi connectivity index (χ4n) is 3.79. The number of rotatable bonds is 7. The number of alkyl halides is 6. The molecule has 0 radical (unpaired) electrons. The molecule has 1 amide bonds. The minimum atomic E-state index is -4.93. The van der Waals surface area contributed by atoms with Crippen LogP contribution in [0.2, 0.25) is 0 Å². The minimum Gasteiger partial charge on any atom is -0.494 e. The molecule has 8 nitrogen and oxygen atoms in total. The van der Waals surface area contributed by atoms with E-state index in [1.54, 1.807) is 6.92 Å². The highest BCUT2D eigenvalue weighted by Gasteiger charge is 2.60. The molecule has 36 heavy (non-hydrogen) atoms. The number of aryl methyl sites for hydroxylation is 1. The van der Waals surface area contributed by atoms with E-state index in [-0.39, 0.29) is 46.3 Å². The van der Waals surface area contributed by atoms with Crippen LogP contribution in [0.3, 0.4) is 0 Å². The average molecular weight is 532 g/mol. The van der Waals surface area contributed by atoms with Gasteiger partial charge in [0.1, 0.15) is 10.8 Å². The third-order valence-electron chi connectivity index (χ3n) is 5.46. The molecule has 3 aromatic rings. The Labute approximate surface area is 203 Å². The largest absolute Gasteiger partial charge is 0.494 e. The summed E-state index contributed by atoms with van der Waals surface area (Å²) < 4.78 is 86.0. The topological polar surface area (TPSA) is 106 Å². The standard InChI is InChI=1S/C21H18F6N6O2S/c1-11-10-28-18(36-11)14-9-19(21(25,26)27,29-17(34)15(14)16-30-32-33-31-16)12-3-5-13(6-4-12)35-8-2-7-20(22,23)24/h3-6,10H,2,7-9H2,1H3,(H,29,34)(H,30,31,32,33)/t19-/m0/s1. The first-order valence-electron chi connectivity index (χ1n) is 10.5. The minimum absolute atomic E-state index is 0.0141. The van der Waals surface area contributed by atoms with E-state index in [0.29, 0.717) is 0 Å². The smallest absolute Gasteiger partial charge is 0.416 e. The maximum absolute atomic E-state index is 14.6. The van der Waals surface area contributed by atoms with Gasteiger partial charge in [-0.2, -0.15) is 26.3 Å². The number of carbonyl (C=O) groups is 1. The van der Waals surface area contributed by atoms with Crippen LogP contribution in [0.5, 0.6) is 5.75 Å². The molecule has 0 unspecified atom stereocenters. The van der Waals surface area contributed by atoms with Crippen LogP contribution in [0.4, 0.5) is 26.3 Å². The number of carbonyl (C=O) groups excluding carboxylic acids is 1. The number of tetrazole rings is 1. The molecule has 1 aliphatic rings. The van der Waals surface area contributed by atoms with Gasteiger partial charge in [0.05, 0.1) is 12.2 Å². The number of hydrogen-bond acceptors (Lipinski definition) is 7. The van der Waals surface area contributed by atoms with Crippen LogP contribution in [0.1, 0.15) is 40.5 Å². The van der Waals surface area contributed by atoms with Crippen molar-refractivity contribution >= 4 is 28.4 Å². The van der Waals surface area contributed by atoms with E-state index < -0.39 is 36.6 Å². The number of H-pyrrole nitrogens is 1. The Balaban J connectivity index is 1.69. The van der Waals surface area contributed by atoms with Crippen LogP contribution in [0.15, 0.2) is 30.5 Å². The highest BCUT2D eigenvalue weighted by Crippen LogP contribution is 2.50. The molecule has 2 aromatic heterocycles. The lowest BCUT2D eigenvalue weighted by atomic mass is 9.78. The summed E-state index contributed by atoms with van der Waals surface area (Å²) in [5.41, 5.74) is -3.24. The molecule has 0 spiro atoms. The number of ether oxygens (including phenoxy) is 1. The molecular formula is C21H18F6N6O2S. The molecule has 1 aromatic carbocycles. The zero-order valence-electron chi connectivity index (χ0n) is 18.5. The van der Waals surface area contributed by atoms with E-state index >= 15 is 0 Å². The summed E-state index contributed by atoms with van der Waals surface area (Å²) in [4.78, 5) is 18.0. The number of benzene rings is 1. The number of nitrogens with zero attached hydrogens (tertiary/aromatic N) is 4. The molecule has 0 bridgehead atoms. The zero-order valence-corrected chi connectivity index (χ0v) is 19.3. The fraction of sp³-hybridized carbons (Fsp3) is 0.381. The van der Waals surface area contributed by atoms with Gasteiger partial charge in [0.2, 0.25) is 0 Å².